The van der Waals surface area contributed by atoms with Gasteiger partial charge in [0.25, 0.3) is 5.91 Å². The highest BCUT2D eigenvalue weighted by Gasteiger charge is 2.30. The molecule has 2 unspecified atom stereocenters. The van der Waals surface area contributed by atoms with Crippen molar-refractivity contribution >= 4 is 5.91 Å². The van der Waals surface area contributed by atoms with Crippen LogP contribution in [0.25, 0.3) is 0 Å². The lowest BCUT2D eigenvalue weighted by Crippen LogP contribution is -2.38. The Hall–Kier alpha value is -2.07. The van der Waals surface area contributed by atoms with Crippen LogP contribution in [0.5, 0.6) is 0 Å². The average Bonchev–Trinajstić information content (AvgIpc) is 2.98. The minimum Gasteiger partial charge on any atom is -0.472 e. The first-order valence-corrected chi connectivity index (χ1v) is 5.92. The molecule has 0 radical (unpaired) electrons. The van der Waals surface area contributed by atoms with Crippen LogP contribution >= 0.6 is 0 Å². The van der Waals surface area contributed by atoms with Crippen molar-refractivity contribution in [1.29, 1.82) is 0 Å². The quantitative estimate of drug-likeness (QED) is 0.841. The Morgan fingerprint density at radius 1 is 1.33 bits per heavy atom. The molecule has 1 heterocycles. The summed E-state index contributed by atoms with van der Waals surface area (Å²) in [5.41, 5.74) is 8.94. The summed E-state index contributed by atoms with van der Waals surface area (Å²) in [6.07, 6.45) is 3.71. The van der Waals surface area contributed by atoms with Crippen LogP contribution in [0.2, 0.25) is 0 Å². The van der Waals surface area contributed by atoms with Crippen LogP contribution < -0.4 is 11.1 Å². The van der Waals surface area contributed by atoms with E-state index in [0.717, 1.165) is 12.0 Å². The fourth-order valence-electron chi connectivity index (χ4n) is 2.43. The van der Waals surface area contributed by atoms with Crippen molar-refractivity contribution < 1.29 is 9.21 Å². The number of fused-ring (bicyclic) bond motifs is 1. The molecule has 0 saturated carbocycles. The molecule has 3 rings (SSSR count). The topological polar surface area (TPSA) is 68.3 Å². The maximum Gasteiger partial charge on any atom is 0.255 e. The summed E-state index contributed by atoms with van der Waals surface area (Å²) in [4.78, 5) is 12.0. The molecule has 18 heavy (non-hydrogen) atoms. The number of amides is 1. The second-order valence-electron chi connectivity index (χ2n) is 4.53. The Morgan fingerprint density at radius 3 is 2.94 bits per heavy atom. The van der Waals surface area contributed by atoms with Gasteiger partial charge < -0.3 is 15.5 Å². The molecule has 0 aliphatic heterocycles. The summed E-state index contributed by atoms with van der Waals surface area (Å²) in [7, 11) is 0. The number of hydrogen-bond donors (Lipinski definition) is 2. The predicted octanol–water partition coefficient (Wildman–Crippen LogP) is 1.63. The van der Waals surface area contributed by atoms with Gasteiger partial charge in [0.05, 0.1) is 17.9 Å². The lowest BCUT2D eigenvalue weighted by Gasteiger charge is -2.18. The summed E-state index contributed by atoms with van der Waals surface area (Å²) in [5.74, 6) is -0.152. The Kier molecular flexibility index (Phi) is 2.64. The minimum absolute atomic E-state index is 0.0711. The van der Waals surface area contributed by atoms with Crippen molar-refractivity contribution in [2.75, 3.05) is 0 Å². The fraction of sp³-hybridized carbons (Fsp3) is 0.214. The third kappa shape index (κ3) is 1.80. The number of benzene rings is 1. The van der Waals surface area contributed by atoms with Crippen LogP contribution in [0.1, 0.15) is 27.5 Å². The zero-order valence-electron chi connectivity index (χ0n) is 9.80. The van der Waals surface area contributed by atoms with Gasteiger partial charge in [-0.05, 0) is 23.6 Å². The first-order chi connectivity index (χ1) is 8.75. The van der Waals surface area contributed by atoms with Crippen molar-refractivity contribution in [3.63, 3.8) is 0 Å². The molecule has 2 aromatic rings. The molecular weight excluding hydrogens is 228 g/mol. The fourth-order valence-corrected chi connectivity index (χ4v) is 2.43. The summed E-state index contributed by atoms with van der Waals surface area (Å²) in [6, 6.07) is 9.48. The normalized spacial score (nSPS) is 21.6. The predicted molar refractivity (Wildman–Crippen MR) is 67.0 cm³/mol. The molecule has 1 amide bonds. The standard InChI is InChI=1S/C14H14N2O2/c15-12-7-9-3-1-2-4-11(9)13(12)16-14(17)10-5-6-18-8-10/h1-6,8,12-13H,7,15H2,(H,16,17). The van der Waals surface area contributed by atoms with Gasteiger partial charge in [0.15, 0.2) is 0 Å². The lowest BCUT2D eigenvalue weighted by atomic mass is 10.1. The number of hydrogen-bond acceptors (Lipinski definition) is 3. The molecule has 1 aromatic heterocycles. The summed E-state index contributed by atoms with van der Waals surface area (Å²) >= 11 is 0. The Morgan fingerprint density at radius 2 is 2.17 bits per heavy atom. The van der Waals surface area contributed by atoms with Gasteiger partial charge in [-0.2, -0.15) is 0 Å². The number of nitrogens with two attached hydrogens (primary N) is 1. The second kappa shape index (κ2) is 4.31. The first kappa shape index (κ1) is 11.0. The summed E-state index contributed by atoms with van der Waals surface area (Å²) in [6.45, 7) is 0. The van der Waals surface area contributed by atoms with Crippen LogP contribution in [0.3, 0.4) is 0 Å². The molecule has 3 N–H and O–H groups in total. The molecule has 1 aliphatic rings. The first-order valence-electron chi connectivity index (χ1n) is 5.92. The Labute approximate surface area is 105 Å². The van der Waals surface area contributed by atoms with Crippen molar-refractivity contribution in [2.24, 2.45) is 5.73 Å². The molecule has 0 bridgehead atoms. The molecular formula is C14H14N2O2. The van der Waals surface area contributed by atoms with E-state index in [2.05, 4.69) is 11.4 Å². The van der Waals surface area contributed by atoms with Crippen molar-refractivity contribution in [3.05, 3.63) is 59.5 Å². The van der Waals surface area contributed by atoms with Crippen LogP contribution in [0.4, 0.5) is 0 Å². The van der Waals surface area contributed by atoms with E-state index in [1.807, 2.05) is 18.2 Å². The monoisotopic (exact) mass is 242 g/mol. The number of carbonyl (C=O) groups excluding carboxylic acids is 1. The summed E-state index contributed by atoms with van der Waals surface area (Å²) in [5, 5.41) is 2.96. The largest absolute Gasteiger partial charge is 0.472 e. The molecule has 0 spiro atoms. The van der Waals surface area contributed by atoms with Gasteiger partial charge in [-0.1, -0.05) is 24.3 Å². The maximum atomic E-state index is 12.0. The van der Waals surface area contributed by atoms with Gasteiger partial charge in [-0.15, -0.1) is 0 Å². The van der Waals surface area contributed by atoms with E-state index in [1.54, 1.807) is 6.07 Å². The van der Waals surface area contributed by atoms with E-state index in [9.17, 15) is 4.79 Å². The van der Waals surface area contributed by atoms with Gasteiger partial charge >= 0.3 is 0 Å². The molecule has 92 valence electrons. The molecule has 4 heteroatoms. The molecule has 4 nitrogen and oxygen atoms in total. The smallest absolute Gasteiger partial charge is 0.255 e. The van der Waals surface area contributed by atoms with E-state index in [-0.39, 0.29) is 18.0 Å². The third-order valence-electron chi connectivity index (χ3n) is 3.34. The zero-order valence-corrected chi connectivity index (χ0v) is 9.80. The SMILES string of the molecule is NC1Cc2ccccc2C1NC(=O)c1ccoc1. The third-order valence-corrected chi connectivity index (χ3v) is 3.34. The van der Waals surface area contributed by atoms with E-state index in [4.69, 9.17) is 10.2 Å². The van der Waals surface area contributed by atoms with Crippen LogP contribution in [-0.4, -0.2) is 11.9 Å². The number of carbonyl (C=O) groups is 1. The van der Waals surface area contributed by atoms with Gasteiger partial charge in [-0.3, -0.25) is 4.79 Å². The molecule has 1 aliphatic carbocycles. The van der Waals surface area contributed by atoms with Crippen LogP contribution in [-0.2, 0) is 6.42 Å². The van der Waals surface area contributed by atoms with Gasteiger partial charge in [0.2, 0.25) is 0 Å². The molecule has 0 saturated heterocycles. The van der Waals surface area contributed by atoms with Crippen LogP contribution in [0, 0.1) is 0 Å². The van der Waals surface area contributed by atoms with Crippen molar-refractivity contribution in [2.45, 2.75) is 18.5 Å². The molecule has 2 atom stereocenters. The number of rotatable bonds is 2. The van der Waals surface area contributed by atoms with Gasteiger partial charge in [0.1, 0.15) is 6.26 Å². The highest BCUT2D eigenvalue weighted by atomic mass is 16.3. The molecule has 1 aromatic carbocycles. The van der Waals surface area contributed by atoms with Crippen molar-refractivity contribution in [3.8, 4) is 0 Å². The Balaban J connectivity index is 1.83. The highest BCUT2D eigenvalue weighted by Crippen LogP contribution is 2.30. The average molecular weight is 242 g/mol. The van der Waals surface area contributed by atoms with E-state index < -0.39 is 0 Å². The second-order valence-corrected chi connectivity index (χ2v) is 4.53. The zero-order chi connectivity index (χ0) is 12.5. The van der Waals surface area contributed by atoms with E-state index >= 15 is 0 Å². The minimum atomic E-state index is -0.152. The van der Waals surface area contributed by atoms with Gasteiger partial charge in [0, 0.05) is 6.04 Å². The van der Waals surface area contributed by atoms with Gasteiger partial charge in [-0.25, -0.2) is 0 Å². The highest BCUT2D eigenvalue weighted by molar-refractivity contribution is 5.94. The van der Waals surface area contributed by atoms with Crippen LogP contribution in [0.15, 0.2) is 47.3 Å². The maximum absolute atomic E-state index is 12.0. The summed E-state index contributed by atoms with van der Waals surface area (Å²) < 4.78 is 4.90. The van der Waals surface area contributed by atoms with E-state index in [1.165, 1.54) is 18.1 Å². The Bertz CT molecular complexity index is 563. The number of nitrogens with one attached hydrogen (secondary N) is 1. The van der Waals surface area contributed by atoms with Crippen molar-refractivity contribution in [1.82, 2.24) is 5.32 Å². The van der Waals surface area contributed by atoms with E-state index in [0.29, 0.717) is 5.56 Å². The molecule has 0 fully saturated rings. The lowest BCUT2D eigenvalue weighted by molar-refractivity contribution is 0.0932. The number of furan rings is 1.